The lowest BCUT2D eigenvalue weighted by Gasteiger charge is -2.28. The van der Waals surface area contributed by atoms with Gasteiger partial charge in [0.1, 0.15) is 5.75 Å². The molecular weight excluding hydrogens is 378 g/mol. The van der Waals surface area contributed by atoms with Crippen molar-refractivity contribution in [1.82, 2.24) is 4.90 Å². The molecule has 152 valence electrons. The largest absolute Gasteiger partial charge is 0.497 e. The number of primary sulfonamides is 1. The monoisotopic (exact) mass is 405 g/mol. The van der Waals surface area contributed by atoms with Gasteiger partial charge in [-0.25, -0.2) is 13.6 Å². The molecule has 2 aromatic rings. The number of anilines is 1. The lowest BCUT2D eigenvalue weighted by atomic mass is 10.1. The van der Waals surface area contributed by atoms with E-state index in [1.807, 2.05) is 31.2 Å². The predicted molar refractivity (Wildman–Crippen MR) is 110 cm³/mol. The van der Waals surface area contributed by atoms with Crippen molar-refractivity contribution >= 4 is 21.6 Å². The van der Waals surface area contributed by atoms with Gasteiger partial charge in [-0.3, -0.25) is 9.69 Å². The van der Waals surface area contributed by atoms with Crippen LogP contribution in [0.15, 0.2) is 53.4 Å². The zero-order valence-electron chi connectivity index (χ0n) is 16.4. The average Bonchev–Trinajstić information content (AvgIpc) is 2.67. The van der Waals surface area contributed by atoms with Crippen LogP contribution in [0, 0.1) is 0 Å². The summed E-state index contributed by atoms with van der Waals surface area (Å²) in [6.07, 6.45) is 0.280. The van der Waals surface area contributed by atoms with Gasteiger partial charge >= 0.3 is 0 Å². The first-order chi connectivity index (χ1) is 13.2. The van der Waals surface area contributed by atoms with Gasteiger partial charge in [0.2, 0.25) is 15.9 Å². The van der Waals surface area contributed by atoms with E-state index >= 15 is 0 Å². The van der Waals surface area contributed by atoms with E-state index < -0.39 is 10.0 Å². The van der Waals surface area contributed by atoms with E-state index in [1.54, 1.807) is 19.2 Å². The van der Waals surface area contributed by atoms with Crippen LogP contribution in [-0.2, 0) is 14.8 Å². The highest BCUT2D eigenvalue weighted by molar-refractivity contribution is 7.89. The number of sulfonamides is 1. The summed E-state index contributed by atoms with van der Waals surface area (Å²) in [5.74, 6) is 0.607. The molecule has 2 aromatic carbocycles. The highest BCUT2D eigenvalue weighted by atomic mass is 32.2. The van der Waals surface area contributed by atoms with Gasteiger partial charge in [0, 0.05) is 24.7 Å². The second-order valence-corrected chi connectivity index (χ2v) is 8.01. The molecule has 3 N–H and O–H groups in total. The molecular formula is C20H27N3O4S. The second-order valence-electron chi connectivity index (χ2n) is 6.45. The first-order valence-corrected chi connectivity index (χ1v) is 10.6. The molecule has 1 amide bonds. The number of carbonyl (C=O) groups excluding carboxylic acids is 1. The topological polar surface area (TPSA) is 102 Å². The first-order valence-electron chi connectivity index (χ1n) is 9.05. The number of hydrogen-bond acceptors (Lipinski definition) is 5. The summed E-state index contributed by atoms with van der Waals surface area (Å²) in [6.45, 7) is 5.48. The average molecular weight is 406 g/mol. The quantitative estimate of drug-likeness (QED) is 0.668. The Morgan fingerprint density at radius 1 is 1.21 bits per heavy atom. The molecule has 0 bridgehead atoms. The van der Waals surface area contributed by atoms with Crippen molar-refractivity contribution in [2.45, 2.75) is 31.2 Å². The number of nitrogens with two attached hydrogens (primary N) is 1. The van der Waals surface area contributed by atoms with Crippen LogP contribution in [0.4, 0.5) is 5.69 Å². The predicted octanol–water partition coefficient (Wildman–Crippen LogP) is 2.75. The molecule has 28 heavy (non-hydrogen) atoms. The van der Waals surface area contributed by atoms with E-state index in [0.717, 1.165) is 17.9 Å². The molecule has 0 aliphatic rings. The molecule has 0 aliphatic heterocycles. The van der Waals surface area contributed by atoms with Crippen LogP contribution in [0.3, 0.4) is 0 Å². The van der Waals surface area contributed by atoms with Crippen LogP contribution in [0.25, 0.3) is 0 Å². The third kappa shape index (κ3) is 6.05. The van der Waals surface area contributed by atoms with Crippen molar-refractivity contribution in [2.75, 3.05) is 25.5 Å². The Kier molecular flexibility index (Phi) is 7.56. The molecule has 0 radical (unpaired) electrons. The van der Waals surface area contributed by atoms with E-state index in [2.05, 4.69) is 17.1 Å². The minimum Gasteiger partial charge on any atom is -0.497 e. The Morgan fingerprint density at radius 2 is 1.93 bits per heavy atom. The van der Waals surface area contributed by atoms with E-state index in [4.69, 9.17) is 9.88 Å². The van der Waals surface area contributed by atoms with E-state index in [9.17, 15) is 13.2 Å². The zero-order chi connectivity index (χ0) is 20.7. The number of ether oxygens (including phenoxy) is 1. The smallest absolute Gasteiger partial charge is 0.238 e. The summed E-state index contributed by atoms with van der Waals surface area (Å²) in [5.41, 5.74) is 1.52. The summed E-state index contributed by atoms with van der Waals surface area (Å²) >= 11 is 0. The van der Waals surface area contributed by atoms with Gasteiger partial charge in [-0.1, -0.05) is 25.1 Å². The van der Waals surface area contributed by atoms with Crippen LogP contribution in [-0.4, -0.2) is 39.4 Å². The molecule has 0 saturated heterocycles. The third-order valence-corrected chi connectivity index (χ3v) is 5.51. The summed E-state index contributed by atoms with van der Waals surface area (Å²) in [5, 5.41) is 7.85. The SMILES string of the molecule is CCN(CCC(=O)Nc1cccc(S(N)(=O)=O)c1)C(C)c1cccc(OC)c1. The fraction of sp³-hybridized carbons (Fsp3) is 0.350. The van der Waals surface area contributed by atoms with Crippen LogP contribution >= 0.6 is 0 Å². The molecule has 0 spiro atoms. The maximum absolute atomic E-state index is 12.3. The number of nitrogens with zero attached hydrogens (tertiary/aromatic N) is 1. The Balaban J connectivity index is 1.98. The summed E-state index contributed by atoms with van der Waals surface area (Å²) < 4.78 is 28.1. The lowest BCUT2D eigenvalue weighted by Crippen LogP contribution is -2.30. The van der Waals surface area contributed by atoms with Crippen molar-refractivity contribution in [3.05, 3.63) is 54.1 Å². The Morgan fingerprint density at radius 3 is 2.57 bits per heavy atom. The minimum absolute atomic E-state index is 0.0351. The highest BCUT2D eigenvalue weighted by Gasteiger charge is 2.16. The van der Waals surface area contributed by atoms with Crippen molar-refractivity contribution in [3.63, 3.8) is 0 Å². The fourth-order valence-corrected chi connectivity index (χ4v) is 3.52. The highest BCUT2D eigenvalue weighted by Crippen LogP contribution is 2.24. The van der Waals surface area contributed by atoms with Crippen LogP contribution in [0.2, 0.25) is 0 Å². The van der Waals surface area contributed by atoms with E-state index in [0.29, 0.717) is 12.2 Å². The summed E-state index contributed by atoms with van der Waals surface area (Å²) in [7, 11) is -2.17. The number of methoxy groups -OCH3 is 1. The van der Waals surface area contributed by atoms with Gasteiger partial charge in [-0.2, -0.15) is 0 Å². The standard InChI is InChI=1S/C20H27N3O4S/c1-4-23(15(2)16-7-5-9-18(13-16)27-3)12-11-20(24)22-17-8-6-10-19(14-17)28(21,25)26/h5-10,13-15H,4,11-12H2,1-3H3,(H,22,24)(H2,21,25,26). The maximum atomic E-state index is 12.3. The third-order valence-electron chi connectivity index (χ3n) is 4.60. The molecule has 0 fully saturated rings. The number of rotatable bonds is 9. The number of carbonyl (C=O) groups is 1. The summed E-state index contributed by atoms with van der Waals surface area (Å²) in [6, 6.07) is 13.9. The molecule has 1 unspecified atom stereocenters. The van der Waals surface area contributed by atoms with E-state index in [-0.39, 0.29) is 23.3 Å². The molecule has 0 heterocycles. The summed E-state index contributed by atoms with van der Waals surface area (Å²) in [4.78, 5) is 14.5. The number of nitrogens with one attached hydrogen (secondary N) is 1. The van der Waals surface area contributed by atoms with E-state index in [1.165, 1.54) is 12.1 Å². The molecule has 1 atom stereocenters. The van der Waals surface area contributed by atoms with Gasteiger partial charge in [-0.15, -0.1) is 0 Å². The maximum Gasteiger partial charge on any atom is 0.238 e. The van der Waals surface area contributed by atoms with Crippen LogP contribution in [0.1, 0.15) is 31.9 Å². The van der Waals surface area contributed by atoms with Crippen LogP contribution < -0.4 is 15.2 Å². The van der Waals surface area contributed by atoms with Crippen molar-refractivity contribution in [2.24, 2.45) is 5.14 Å². The van der Waals surface area contributed by atoms with Crippen molar-refractivity contribution in [1.29, 1.82) is 0 Å². The zero-order valence-corrected chi connectivity index (χ0v) is 17.2. The number of benzene rings is 2. The van der Waals surface area contributed by atoms with Gasteiger partial charge < -0.3 is 10.1 Å². The molecule has 7 nitrogen and oxygen atoms in total. The Bertz CT molecular complexity index is 915. The number of hydrogen-bond donors (Lipinski definition) is 2. The lowest BCUT2D eigenvalue weighted by molar-refractivity contribution is -0.116. The Labute approximate surface area is 166 Å². The Hall–Kier alpha value is -2.42. The van der Waals surface area contributed by atoms with Crippen LogP contribution in [0.5, 0.6) is 5.75 Å². The molecule has 2 rings (SSSR count). The molecule has 0 aromatic heterocycles. The second kappa shape index (κ2) is 9.68. The van der Waals surface area contributed by atoms with Crippen molar-refractivity contribution in [3.8, 4) is 5.75 Å². The molecule has 0 saturated carbocycles. The van der Waals surface area contributed by atoms with Gasteiger partial charge in [0.25, 0.3) is 0 Å². The minimum atomic E-state index is -3.81. The number of amides is 1. The van der Waals surface area contributed by atoms with Gasteiger partial charge in [0.15, 0.2) is 0 Å². The first kappa shape index (κ1) is 21.9. The van der Waals surface area contributed by atoms with Crippen molar-refractivity contribution < 1.29 is 17.9 Å². The molecule has 0 aliphatic carbocycles. The normalized spacial score (nSPS) is 12.6. The molecule has 8 heteroatoms. The van der Waals surface area contributed by atoms with Gasteiger partial charge in [-0.05, 0) is 49.4 Å². The van der Waals surface area contributed by atoms with Gasteiger partial charge in [0.05, 0.1) is 12.0 Å². The fourth-order valence-electron chi connectivity index (χ4n) is 2.96.